The first-order chi connectivity index (χ1) is 9.93. The highest BCUT2D eigenvalue weighted by Crippen LogP contribution is 2.24. The van der Waals surface area contributed by atoms with Crippen LogP contribution in [0.2, 0.25) is 0 Å². The van der Waals surface area contributed by atoms with Gasteiger partial charge >= 0.3 is 0 Å². The molecule has 0 aliphatic rings. The van der Waals surface area contributed by atoms with Crippen molar-refractivity contribution in [1.82, 2.24) is 9.97 Å². The van der Waals surface area contributed by atoms with Crippen LogP contribution in [0.15, 0.2) is 0 Å². The third kappa shape index (κ3) is 5.50. The van der Waals surface area contributed by atoms with Crippen molar-refractivity contribution in [3.05, 3.63) is 11.4 Å². The molecular formula is C16H30N4O. The highest BCUT2D eigenvalue weighted by Gasteiger charge is 2.19. The first-order valence-electron chi connectivity index (χ1n) is 7.71. The molecule has 0 unspecified atom stereocenters. The third-order valence-electron chi connectivity index (χ3n) is 3.62. The normalized spacial score (nSPS) is 11.5. The molecule has 0 aromatic carbocycles. The fraction of sp³-hybridized carbons (Fsp3) is 0.750. The average Bonchev–Trinajstić information content (AvgIpc) is 2.45. The second kappa shape index (κ2) is 8.17. The zero-order valence-electron chi connectivity index (χ0n) is 14.3. The van der Waals surface area contributed by atoms with E-state index in [1.807, 2.05) is 14.0 Å². The van der Waals surface area contributed by atoms with Gasteiger partial charge in [0.05, 0.1) is 0 Å². The predicted octanol–water partition coefficient (Wildman–Crippen LogP) is 3.25. The second-order valence-corrected chi connectivity index (χ2v) is 6.22. The average molecular weight is 294 g/mol. The van der Waals surface area contributed by atoms with Crippen LogP contribution in [0.5, 0.6) is 0 Å². The van der Waals surface area contributed by atoms with Crippen molar-refractivity contribution in [2.75, 3.05) is 37.9 Å². The Hall–Kier alpha value is -1.36. The number of anilines is 2. The van der Waals surface area contributed by atoms with E-state index in [1.54, 1.807) is 7.11 Å². The molecule has 5 heteroatoms. The molecule has 0 aliphatic heterocycles. The van der Waals surface area contributed by atoms with Gasteiger partial charge in [0.15, 0.2) is 0 Å². The van der Waals surface area contributed by atoms with Crippen LogP contribution in [0.25, 0.3) is 0 Å². The van der Waals surface area contributed by atoms with Crippen molar-refractivity contribution < 1.29 is 4.74 Å². The molecule has 0 bridgehead atoms. The van der Waals surface area contributed by atoms with E-state index in [0.29, 0.717) is 0 Å². The minimum atomic E-state index is 0.165. The minimum absolute atomic E-state index is 0.165. The number of rotatable bonds is 9. The van der Waals surface area contributed by atoms with Crippen LogP contribution < -0.4 is 10.6 Å². The van der Waals surface area contributed by atoms with Gasteiger partial charge in [-0.25, -0.2) is 9.97 Å². The van der Waals surface area contributed by atoms with Crippen molar-refractivity contribution in [2.45, 2.75) is 47.0 Å². The largest absolute Gasteiger partial charge is 0.385 e. The summed E-state index contributed by atoms with van der Waals surface area (Å²) in [6, 6.07) is 0. The molecule has 0 atom stereocenters. The van der Waals surface area contributed by atoms with Crippen molar-refractivity contribution in [1.29, 1.82) is 0 Å². The lowest BCUT2D eigenvalue weighted by molar-refractivity contribution is 0.157. The molecule has 0 amide bonds. The van der Waals surface area contributed by atoms with Gasteiger partial charge in [0, 0.05) is 39.3 Å². The molecule has 1 aromatic rings. The molecule has 1 rings (SSSR count). The summed E-state index contributed by atoms with van der Waals surface area (Å²) in [5, 5.41) is 6.64. The summed E-state index contributed by atoms with van der Waals surface area (Å²) < 4.78 is 5.18. The van der Waals surface area contributed by atoms with Gasteiger partial charge in [-0.15, -0.1) is 0 Å². The standard InChI is InChI=1S/C16H30N4O/c1-7-8-13-19-14(17-5)12(2)15(20-13)18-11-16(3,4)9-10-21-6/h7-11H2,1-6H3,(H2,17,18,19,20). The second-order valence-electron chi connectivity index (χ2n) is 6.22. The summed E-state index contributed by atoms with van der Waals surface area (Å²) in [6.45, 7) is 10.3. The number of methoxy groups -OCH3 is 1. The summed E-state index contributed by atoms with van der Waals surface area (Å²) in [6.07, 6.45) is 2.96. The Morgan fingerprint density at radius 3 is 2.43 bits per heavy atom. The summed E-state index contributed by atoms with van der Waals surface area (Å²) in [4.78, 5) is 9.21. The van der Waals surface area contributed by atoms with Gasteiger partial charge in [-0.05, 0) is 25.2 Å². The topological polar surface area (TPSA) is 59.1 Å². The summed E-state index contributed by atoms with van der Waals surface area (Å²) in [5.74, 6) is 2.73. The van der Waals surface area contributed by atoms with Crippen LogP contribution in [0.1, 0.15) is 45.0 Å². The monoisotopic (exact) mass is 294 g/mol. The molecule has 0 saturated carbocycles. The van der Waals surface area contributed by atoms with Crippen LogP contribution in [0.3, 0.4) is 0 Å². The number of nitrogens with zero attached hydrogens (tertiary/aromatic N) is 2. The van der Waals surface area contributed by atoms with Gasteiger partial charge < -0.3 is 15.4 Å². The lowest BCUT2D eigenvalue weighted by Gasteiger charge is -2.25. The fourth-order valence-corrected chi connectivity index (χ4v) is 2.10. The number of nitrogens with one attached hydrogen (secondary N) is 2. The molecule has 0 radical (unpaired) electrons. The Morgan fingerprint density at radius 2 is 1.86 bits per heavy atom. The molecule has 1 aromatic heterocycles. The molecule has 0 spiro atoms. The van der Waals surface area contributed by atoms with E-state index in [4.69, 9.17) is 4.74 Å². The van der Waals surface area contributed by atoms with Gasteiger partial charge in [-0.1, -0.05) is 20.8 Å². The van der Waals surface area contributed by atoms with Crippen molar-refractivity contribution in [2.24, 2.45) is 5.41 Å². The molecule has 2 N–H and O–H groups in total. The summed E-state index contributed by atoms with van der Waals surface area (Å²) in [5.41, 5.74) is 1.23. The minimum Gasteiger partial charge on any atom is -0.385 e. The van der Waals surface area contributed by atoms with E-state index in [1.165, 1.54) is 0 Å². The Labute approximate surface area is 128 Å². The van der Waals surface area contributed by atoms with Crippen LogP contribution in [-0.2, 0) is 11.2 Å². The number of aryl methyl sites for hydroxylation is 1. The summed E-state index contributed by atoms with van der Waals surface area (Å²) >= 11 is 0. The maximum atomic E-state index is 5.18. The van der Waals surface area contributed by atoms with E-state index in [2.05, 4.69) is 41.4 Å². The maximum Gasteiger partial charge on any atom is 0.134 e. The summed E-state index contributed by atoms with van der Waals surface area (Å²) in [7, 11) is 3.64. The van der Waals surface area contributed by atoms with Crippen molar-refractivity contribution in [3.8, 4) is 0 Å². The molecular weight excluding hydrogens is 264 g/mol. The smallest absolute Gasteiger partial charge is 0.134 e. The van der Waals surface area contributed by atoms with Crippen molar-refractivity contribution in [3.63, 3.8) is 0 Å². The van der Waals surface area contributed by atoms with E-state index in [9.17, 15) is 0 Å². The lowest BCUT2D eigenvalue weighted by Crippen LogP contribution is -2.25. The number of aromatic nitrogens is 2. The third-order valence-corrected chi connectivity index (χ3v) is 3.62. The van der Waals surface area contributed by atoms with Crippen molar-refractivity contribution >= 4 is 11.6 Å². The van der Waals surface area contributed by atoms with Gasteiger partial charge in [0.2, 0.25) is 0 Å². The first kappa shape index (κ1) is 17.7. The Kier molecular flexibility index (Phi) is 6.89. The number of hydrogen-bond donors (Lipinski definition) is 2. The van der Waals surface area contributed by atoms with Gasteiger partial charge in [-0.2, -0.15) is 0 Å². The Balaban J connectivity index is 2.84. The first-order valence-corrected chi connectivity index (χ1v) is 7.71. The molecule has 0 saturated heterocycles. The van der Waals surface area contributed by atoms with Gasteiger partial charge in [0.1, 0.15) is 17.5 Å². The van der Waals surface area contributed by atoms with E-state index < -0.39 is 0 Å². The molecule has 1 heterocycles. The molecule has 0 aliphatic carbocycles. The molecule has 0 fully saturated rings. The van der Waals surface area contributed by atoms with Gasteiger partial charge in [0.25, 0.3) is 0 Å². The lowest BCUT2D eigenvalue weighted by atomic mass is 9.89. The van der Waals surface area contributed by atoms with Crippen LogP contribution in [0.4, 0.5) is 11.6 Å². The van der Waals surface area contributed by atoms with Crippen LogP contribution in [0, 0.1) is 12.3 Å². The van der Waals surface area contributed by atoms with E-state index in [-0.39, 0.29) is 5.41 Å². The predicted molar refractivity (Wildman–Crippen MR) is 89.1 cm³/mol. The molecule has 120 valence electrons. The molecule has 5 nitrogen and oxygen atoms in total. The van der Waals surface area contributed by atoms with Crippen LogP contribution >= 0.6 is 0 Å². The maximum absolute atomic E-state index is 5.18. The zero-order valence-corrected chi connectivity index (χ0v) is 14.3. The van der Waals surface area contributed by atoms with E-state index in [0.717, 1.165) is 55.4 Å². The Morgan fingerprint density at radius 1 is 1.19 bits per heavy atom. The zero-order chi connectivity index (χ0) is 15.9. The molecule has 21 heavy (non-hydrogen) atoms. The van der Waals surface area contributed by atoms with E-state index >= 15 is 0 Å². The SMILES string of the molecule is CCCc1nc(NC)c(C)c(NCC(C)(C)CCOC)n1. The quantitative estimate of drug-likeness (QED) is 0.732. The van der Waals surface area contributed by atoms with Gasteiger partial charge in [-0.3, -0.25) is 0 Å². The highest BCUT2D eigenvalue weighted by molar-refractivity contribution is 5.57. The number of hydrogen-bond acceptors (Lipinski definition) is 5. The Bertz CT molecular complexity index is 446. The fourth-order valence-electron chi connectivity index (χ4n) is 2.10. The number of ether oxygens (including phenoxy) is 1. The van der Waals surface area contributed by atoms with Crippen LogP contribution in [-0.4, -0.2) is 37.3 Å². The highest BCUT2D eigenvalue weighted by atomic mass is 16.5.